The number of ether oxygens (including phenoxy) is 1. The summed E-state index contributed by atoms with van der Waals surface area (Å²) in [4.78, 5) is 7.78. The normalized spacial score (nSPS) is 16.0. The van der Waals surface area contributed by atoms with Crippen molar-refractivity contribution in [3.63, 3.8) is 0 Å². The van der Waals surface area contributed by atoms with Crippen LogP contribution in [0.2, 0.25) is 0 Å². The standard InChI is InChI=1S/C19H19FN8O/c1-27-18(16(10-24-27)29-11-14-2-4-21-14)12-3-5-28-15(6-12)7-17(26-28)25-19-22-8-13(20)9-23-19/h3,5-10,14,21H,2,4,11H2,1H3,(H,22,23,25,26). The summed E-state index contributed by atoms with van der Waals surface area (Å²) in [5.74, 6) is 1.11. The van der Waals surface area contributed by atoms with Gasteiger partial charge in [0.2, 0.25) is 5.95 Å². The van der Waals surface area contributed by atoms with Gasteiger partial charge in [0, 0.05) is 30.9 Å². The Labute approximate surface area is 165 Å². The van der Waals surface area contributed by atoms with E-state index in [9.17, 15) is 4.39 Å². The second-order valence-electron chi connectivity index (χ2n) is 6.90. The van der Waals surface area contributed by atoms with E-state index < -0.39 is 5.82 Å². The minimum Gasteiger partial charge on any atom is -0.488 e. The van der Waals surface area contributed by atoms with Gasteiger partial charge in [0.05, 0.1) is 24.1 Å². The van der Waals surface area contributed by atoms with Crippen LogP contribution in [0.15, 0.2) is 43.0 Å². The number of aromatic nitrogens is 6. The first-order chi connectivity index (χ1) is 14.2. The van der Waals surface area contributed by atoms with Crippen LogP contribution in [-0.4, -0.2) is 48.6 Å². The molecular weight excluding hydrogens is 375 g/mol. The maximum absolute atomic E-state index is 13.0. The van der Waals surface area contributed by atoms with Crippen molar-refractivity contribution in [1.29, 1.82) is 0 Å². The fourth-order valence-corrected chi connectivity index (χ4v) is 3.23. The molecule has 4 aromatic heterocycles. The van der Waals surface area contributed by atoms with Crippen molar-refractivity contribution >= 4 is 17.3 Å². The number of nitrogens with zero attached hydrogens (tertiary/aromatic N) is 6. The monoisotopic (exact) mass is 394 g/mol. The molecule has 0 aromatic carbocycles. The van der Waals surface area contributed by atoms with Crippen LogP contribution in [0.4, 0.5) is 16.2 Å². The number of nitrogens with one attached hydrogen (secondary N) is 2. The van der Waals surface area contributed by atoms with E-state index in [1.165, 1.54) is 0 Å². The number of fused-ring (bicyclic) bond motifs is 1. The summed E-state index contributed by atoms with van der Waals surface area (Å²) in [7, 11) is 1.89. The molecule has 9 nitrogen and oxygen atoms in total. The molecule has 0 saturated carbocycles. The lowest BCUT2D eigenvalue weighted by atomic mass is 10.1. The minimum absolute atomic E-state index is 0.280. The molecule has 1 atom stereocenters. The number of hydrogen-bond acceptors (Lipinski definition) is 7. The largest absolute Gasteiger partial charge is 0.488 e. The van der Waals surface area contributed by atoms with Gasteiger partial charge in [0.1, 0.15) is 12.3 Å². The molecule has 148 valence electrons. The van der Waals surface area contributed by atoms with Gasteiger partial charge in [0.25, 0.3) is 0 Å². The molecule has 0 bridgehead atoms. The van der Waals surface area contributed by atoms with Crippen LogP contribution in [0.1, 0.15) is 6.42 Å². The van der Waals surface area contributed by atoms with Gasteiger partial charge < -0.3 is 15.4 Å². The first-order valence-corrected chi connectivity index (χ1v) is 9.28. The van der Waals surface area contributed by atoms with E-state index in [-0.39, 0.29) is 5.95 Å². The van der Waals surface area contributed by atoms with Crippen molar-refractivity contribution < 1.29 is 9.13 Å². The number of anilines is 2. The first-order valence-electron chi connectivity index (χ1n) is 9.28. The molecule has 2 N–H and O–H groups in total. The molecule has 0 aliphatic carbocycles. The zero-order valence-corrected chi connectivity index (χ0v) is 15.7. The van der Waals surface area contributed by atoms with Crippen LogP contribution >= 0.6 is 0 Å². The van der Waals surface area contributed by atoms with Crippen molar-refractivity contribution in [3.05, 3.63) is 48.8 Å². The Hall–Kier alpha value is -3.53. The van der Waals surface area contributed by atoms with Gasteiger partial charge in [-0.2, -0.15) is 10.2 Å². The Kier molecular flexibility index (Phi) is 4.32. The Morgan fingerprint density at radius 2 is 2.10 bits per heavy atom. The van der Waals surface area contributed by atoms with Crippen LogP contribution in [0.5, 0.6) is 5.75 Å². The number of pyridine rings is 1. The van der Waals surface area contributed by atoms with Gasteiger partial charge in [-0.1, -0.05) is 0 Å². The van der Waals surface area contributed by atoms with Crippen molar-refractivity contribution in [2.45, 2.75) is 12.5 Å². The fraction of sp³-hybridized carbons (Fsp3) is 0.263. The highest BCUT2D eigenvalue weighted by Crippen LogP contribution is 2.31. The summed E-state index contributed by atoms with van der Waals surface area (Å²) in [5.41, 5.74) is 2.75. The van der Waals surface area contributed by atoms with E-state index in [2.05, 4.69) is 30.8 Å². The summed E-state index contributed by atoms with van der Waals surface area (Å²) in [6, 6.07) is 6.24. The summed E-state index contributed by atoms with van der Waals surface area (Å²) in [6.07, 6.45) is 6.95. The van der Waals surface area contributed by atoms with E-state index >= 15 is 0 Å². The first kappa shape index (κ1) is 17.6. The van der Waals surface area contributed by atoms with Gasteiger partial charge in [-0.15, -0.1) is 0 Å². The molecule has 10 heteroatoms. The molecule has 1 fully saturated rings. The van der Waals surface area contributed by atoms with Crippen LogP contribution in [0, 0.1) is 5.82 Å². The SMILES string of the molecule is Cn1ncc(OCC2CCN2)c1-c1ccn2nc(Nc3ncc(F)cn3)cc2c1. The molecule has 0 spiro atoms. The third-order valence-electron chi connectivity index (χ3n) is 4.87. The highest BCUT2D eigenvalue weighted by atomic mass is 19.1. The Balaban J connectivity index is 1.41. The number of hydrogen-bond donors (Lipinski definition) is 2. The smallest absolute Gasteiger partial charge is 0.228 e. The maximum Gasteiger partial charge on any atom is 0.228 e. The minimum atomic E-state index is -0.488. The van der Waals surface area contributed by atoms with E-state index in [0.717, 1.165) is 47.9 Å². The fourth-order valence-electron chi connectivity index (χ4n) is 3.23. The highest BCUT2D eigenvalue weighted by Gasteiger charge is 2.19. The molecule has 1 aliphatic rings. The number of halogens is 1. The molecule has 5 heterocycles. The quantitative estimate of drug-likeness (QED) is 0.517. The molecule has 29 heavy (non-hydrogen) atoms. The third kappa shape index (κ3) is 3.49. The van der Waals surface area contributed by atoms with Gasteiger partial charge in [-0.05, 0) is 25.1 Å². The predicted octanol–water partition coefficient (Wildman–Crippen LogP) is 2.15. The molecule has 1 unspecified atom stereocenters. The van der Waals surface area contributed by atoms with Gasteiger partial charge in [-0.3, -0.25) is 4.68 Å². The third-order valence-corrected chi connectivity index (χ3v) is 4.87. The average Bonchev–Trinajstić information content (AvgIpc) is 3.24. The van der Waals surface area contributed by atoms with Crippen molar-refractivity contribution in [3.8, 4) is 17.0 Å². The van der Waals surface area contributed by atoms with E-state index in [1.54, 1.807) is 15.4 Å². The van der Waals surface area contributed by atoms with E-state index in [4.69, 9.17) is 4.74 Å². The van der Waals surface area contributed by atoms with E-state index in [1.807, 2.05) is 31.4 Å². The lowest BCUT2D eigenvalue weighted by Gasteiger charge is -2.27. The molecule has 1 aliphatic heterocycles. The second-order valence-corrected chi connectivity index (χ2v) is 6.90. The lowest BCUT2D eigenvalue weighted by molar-refractivity contribution is 0.218. The average molecular weight is 394 g/mol. The number of rotatable bonds is 6. The lowest BCUT2D eigenvalue weighted by Crippen LogP contribution is -2.46. The van der Waals surface area contributed by atoms with E-state index in [0.29, 0.717) is 18.5 Å². The van der Waals surface area contributed by atoms with Gasteiger partial charge >= 0.3 is 0 Å². The topological polar surface area (TPSA) is 94.2 Å². The zero-order valence-electron chi connectivity index (χ0n) is 15.7. The zero-order chi connectivity index (χ0) is 19.8. The Bertz CT molecular complexity index is 1150. The van der Waals surface area contributed by atoms with Crippen molar-refractivity contribution in [2.75, 3.05) is 18.5 Å². The predicted molar refractivity (Wildman–Crippen MR) is 105 cm³/mol. The summed E-state index contributed by atoms with van der Waals surface area (Å²) in [6.45, 7) is 1.67. The van der Waals surface area contributed by atoms with Crippen LogP contribution in [0.25, 0.3) is 16.8 Å². The van der Waals surface area contributed by atoms with Crippen LogP contribution in [-0.2, 0) is 7.05 Å². The molecule has 0 radical (unpaired) electrons. The summed E-state index contributed by atoms with van der Waals surface area (Å²) in [5, 5.41) is 15.1. The van der Waals surface area contributed by atoms with Crippen molar-refractivity contribution in [1.82, 2.24) is 34.7 Å². The van der Waals surface area contributed by atoms with Crippen LogP contribution in [0.3, 0.4) is 0 Å². The van der Waals surface area contributed by atoms with Gasteiger partial charge in [0.15, 0.2) is 17.4 Å². The number of aryl methyl sites for hydroxylation is 1. The maximum atomic E-state index is 13.0. The van der Waals surface area contributed by atoms with Crippen LogP contribution < -0.4 is 15.4 Å². The molecule has 5 rings (SSSR count). The Morgan fingerprint density at radius 3 is 2.86 bits per heavy atom. The van der Waals surface area contributed by atoms with Crippen molar-refractivity contribution in [2.24, 2.45) is 7.05 Å². The molecule has 1 saturated heterocycles. The van der Waals surface area contributed by atoms with Gasteiger partial charge in [-0.25, -0.2) is 18.9 Å². The molecule has 4 aromatic rings. The Morgan fingerprint density at radius 1 is 1.28 bits per heavy atom. The molecule has 0 amide bonds. The summed E-state index contributed by atoms with van der Waals surface area (Å²) < 4.78 is 22.5. The highest BCUT2D eigenvalue weighted by molar-refractivity contribution is 5.72. The molecular formula is C19H19FN8O. The summed E-state index contributed by atoms with van der Waals surface area (Å²) >= 11 is 0. The second kappa shape index (κ2) is 7.13.